The zero-order valence-electron chi connectivity index (χ0n) is 15.1. The van der Waals surface area contributed by atoms with E-state index in [0.717, 1.165) is 37.2 Å². The minimum atomic E-state index is -0.0510. The first kappa shape index (κ1) is 17.5. The Balaban J connectivity index is 1.75. The molecule has 5 heteroatoms. The fraction of sp³-hybridized carbons (Fsp3) is 0.450. The highest BCUT2D eigenvalue weighted by Gasteiger charge is 2.23. The second-order valence-corrected chi connectivity index (χ2v) is 6.74. The number of likely N-dealkylation sites (tertiary alicyclic amines) is 1. The maximum absolute atomic E-state index is 12.9. The van der Waals surface area contributed by atoms with E-state index in [0.29, 0.717) is 24.7 Å². The van der Waals surface area contributed by atoms with Crippen molar-refractivity contribution in [3.63, 3.8) is 0 Å². The summed E-state index contributed by atoms with van der Waals surface area (Å²) < 4.78 is 0. The molecule has 2 aromatic rings. The summed E-state index contributed by atoms with van der Waals surface area (Å²) in [5, 5.41) is 0. The van der Waals surface area contributed by atoms with E-state index in [1.807, 2.05) is 48.4 Å². The number of nitrogens with zero attached hydrogens (tertiary/aromatic N) is 4. The van der Waals surface area contributed by atoms with E-state index in [1.165, 1.54) is 0 Å². The maximum Gasteiger partial charge on any atom is 0.274 e. The lowest BCUT2D eigenvalue weighted by Crippen LogP contribution is -2.33. The van der Waals surface area contributed by atoms with E-state index in [1.54, 1.807) is 6.20 Å². The predicted molar refractivity (Wildman–Crippen MR) is 98.4 cm³/mol. The summed E-state index contributed by atoms with van der Waals surface area (Å²) in [4.78, 5) is 26.0. The van der Waals surface area contributed by atoms with Crippen molar-refractivity contribution >= 4 is 5.91 Å². The molecule has 1 amide bonds. The van der Waals surface area contributed by atoms with Crippen molar-refractivity contribution in [2.45, 2.75) is 32.2 Å². The number of rotatable bonds is 5. The topological polar surface area (TPSA) is 49.3 Å². The first-order valence-corrected chi connectivity index (χ1v) is 9.01. The molecular formula is C20H26N4O. The van der Waals surface area contributed by atoms with Crippen molar-refractivity contribution in [3.05, 3.63) is 59.7 Å². The van der Waals surface area contributed by atoms with Crippen molar-refractivity contribution in [2.75, 3.05) is 26.7 Å². The Bertz CT molecular complexity index is 704. The number of likely N-dealkylation sites (N-methyl/N-ethyl adjacent to an activating group) is 1. The quantitative estimate of drug-likeness (QED) is 0.841. The molecule has 1 aliphatic rings. The number of aromatic nitrogens is 2. The molecule has 3 rings (SSSR count). The number of benzene rings is 1. The Hall–Kier alpha value is -2.27. The lowest BCUT2D eigenvalue weighted by Gasteiger charge is -2.29. The summed E-state index contributed by atoms with van der Waals surface area (Å²) in [6.45, 7) is 5.34. The zero-order valence-corrected chi connectivity index (χ0v) is 15.1. The van der Waals surface area contributed by atoms with Crippen LogP contribution in [0, 0.1) is 0 Å². The summed E-state index contributed by atoms with van der Waals surface area (Å²) in [5.74, 6) is 0.313. The van der Waals surface area contributed by atoms with E-state index in [9.17, 15) is 4.79 Å². The molecule has 1 atom stereocenters. The molecule has 1 aliphatic heterocycles. The predicted octanol–water partition coefficient (Wildman–Crippen LogP) is 2.95. The second kappa shape index (κ2) is 8.21. The van der Waals surface area contributed by atoms with Crippen molar-refractivity contribution in [1.82, 2.24) is 19.8 Å². The molecule has 0 N–H and O–H groups in total. The summed E-state index contributed by atoms with van der Waals surface area (Å²) >= 11 is 0. The molecule has 132 valence electrons. The van der Waals surface area contributed by atoms with Crippen LogP contribution in [0.15, 0.2) is 42.7 Å². The number of carbonyl (C=O) groups excluding carboxylic acids is 1. The highest BCUT2D eigenvalue weighted by atomic mass is 16.2. The third-order valence-corrected chi connectivity index (χ3v) is 4.80. The molecule has 1 aromatic heterocycles. The molecule has 5 nitrogen and oxygen atoms in total. The van der Waals surface area contributed by atoms with E-state index in [4.69, 9.17) is 0 Å². The van der Waals surface area contributed by atoms with Crippen LogP contribution in [0.3, 0.4) is 0 Å². The Morgan fingerprint density at radius 2 is 2.08 bits per heavy atom. The van der Waals surface area contributed by atoms with Gasteiger partial charge < -0.3 is 9.80 Å². The molecule has 25 heavy (non-hydrogen) atoms. The van der Waals surface area contributed by atoms with Gasteiger partial charge in [-0.05, 0) is 38.9 Å². The lowest BCUT2D eigenvalue weighted by molar-refractivity contribution is 0.0745. The summed E-state index contributed by atoms with van der Waals surface area (Å²) in [6, 6.07) is 10.0. The molecule has 0 unspecified atom stereocenters. The van der Waals surface area contributed by atoms with Gasteiger partial charge >= 0.3 is 0 Å². The van der Waals surface area contributed by atoms with Gasteiger partial charge in [0, 0.05) is 31.7 Å². The van der Waals surface area contributed by atoms with Gasteiger partial charge in [0.05, 0.1) is 11.9 Å². The Kier molecular flexibility index (Phi) is 5.76. The number of carbonyl (C=O) groups is 1. The molecule has 0 radical (unpaired) electrons. The fourth-order valence-corrected chi connectivity index (χ4v) is 3.38. The van der Waals surface area contributed by atoms with Crippen molar-refractivity contribution < 1.29 is 4.79 Å². The van der Waals surface area contributed by atoms with Crippen LogP contribution >= 0.6 is 0 Å². The average Bonchev–Trinajstić information content (AvgIpc) is 2.66. The first-order valence-electron chi connectivity index (χ1n) is 9.01. The summed E-state index contributed by atoms with van der Waals surface area (Å²) in [5.41, 5.74) is 2.51. The molecule has 1 saturated heterocycles. The van der Waals surface area contributed by atoms with Crippen LogP contribution in [-0.4, -0.2) is 52.4 Å². The van der Waals surface area contributed by atoms with Crippen molar-refractivity contribution in [1.29, 1.82) is 0 Å². The molecular weight excluding hydrogens is 312 g/mol. The van der Waals surface area contributed by atoms with Gasteiger partial charge in [-0.1, -0.05) is 30.3 Å². The SMILES string of the molecule is CCN(Cc1ccccc1)C(=O)c1cncc([C@@H]2CCCN(C)C2)n1. The number of hydrogen-bond donors (Lipinski definition) is 0. The molecule has 1 aromatic carbocycles. The average molecular weight is 338 g/mol. The molecule has 0 saturated carbocycles. The van der Waals surface area contributed by atoms with Gasteiger partial charge in [0.15, 0.2) is 0 Å². The van der Waals surface area contributed by atoms with Gasteiger partial charge in [-0.3, -0.25) is 9.78 Å². The van der Waals surface area contributed by atoms with Crippen LogP contribution in [0.1, 0.15) is 47.4 Å². The summed E-state index contributed by atoms with van der Waals surface area (Å²) in [6.07, 6.45) is 5.67. The van der Waals surface area contributed by atoms with Gasteiger partial charge in [0.25, 0.3) is 5.91 Å². The maximum atomic E-state index is 12.9. The van der Waals surface area contributed by atoms with Crippen LogP contribution in [0.2, 0.25) is 0 Å². The third kappa shape index (κ3) is 4.42. The minimum Gasteiger partial charge on any atom is -0.333 e. The standard InChI is InChI=1S/C20H26N4O/c1-3-24(14-16-8-5-4-6-9-16)20(25)19-13-21-12-18(22-19)17-10-7-11-23(2)15-17/h4-6,8-9,12-13,17H,3,7,10-11,14-15H2,1-2H3/t17-/m1/s1. The van der Waals surface area contributed by atoms with Crippen LogP contribution in [-0.2, 0) is 6.54 Å². The molecule has 1 fully saturated rings. The van der Waals surface area contributed by atoms with Crippen LogP contribution in [0.25, 0.3) is 0 Å². The first-order chi connectivity index (χ1) is 12.2. The number of amides is 1. The van der Waals surface area contributed by atoms with Crippen molar-refractivity contribution in [3.8, 4) is 0 Å². The van der Waals surface area contributed by atoms with Gasteiger partial charge in [0.2, 0.25) is 0 Å². The van der Waals surface area contributed by atoms with E-state index < -0.39 is 0 Å². The van der Waals surface area contributed by atoms with Gasteiger partial charge in [0.1, 0.15) is 5.69 Å². The van der Waals surface area contributed by atoms with Crippen LogP contribution in [0.5, 0.6) is 0 Å². The van der Waals surface area contributed by atoms with Gasteiger partial charge in [-0.25, -0.2) is 4.98 Å². The lowest BCUT2D eigenvalue weighted by atomic mass is 9.95. The monoisotopic (exact) mass is 338 g/mol. The normalized spacial score (nSPS) is 18.1. The zero-order chi connectivity index (χ0) is 17.6. The van der Waals surface area contributed by atoms with Crippen LogP contribution in [0.4, 0.5) is 0 Å². The van der Waals surface area contributed by atoms with E-state index in [2.05, 4.69) is 21.9 Å². The molecule has 0 spiro atoms. The Morgan fingerprint density at radius 3 is 2.80 bits per heavy atom. The second-order valence-electron chi connectivity index (χ2n) is 6.74. The number of hydrogen-bond acceptors (Lipinski definition) is 4. The van der Waals surface area contributed by atoms with Crippen LogP contribution < -0.4 is 0 Å². The van der Waals surface area contributed by atoms with Gasteiger partial charge in [-0.2, -0.15) is 0 Å². The fourth-order valence-electron chi connectivity index (χ4n) is 3.38. The van der Waals surface area contributed by atoms with Crippen molar-refractivity contribution in [2.24, 2.45) is 0 Å². The highest BCUT2D eigenvalue weighted by Crippen LogP contribution is 2.24. The molecule has 0 aliphatic carbocycles. The minimum absolute atomic E-state index is 0.0510. The van der Waals surface area contributed by atoms with E-state index >= 15 is 0 Å². The Morgan fingerprint density at radius 1 is 1.28 bits per heavy atom. The summed E-state index contributed by atoms with van der Waals surface area (Å²) in [7, 11) is 2.13. The van der Waals surface area contributed by atoms with E-state index in [-0.39, 0.29) is 5.91 Å². The van der Waals surface area contributed by atoms with Gasteiger partial charge in [-0.15, -0.1) is 0 Å². The number of piperidine rings is 1. The largest absolute Gasteiger partial charge is 0.333 e. The molecule has 2 heterocycles. The molecule has 0 bridgehead atoms. The Labute approximate surface area is 149 Å². The smallest absolute Gasteiger partial charge is 0.274 e. The highest BCUT2D eigenvalue weighted by molar-refractivity contribution is 5.92. The third-order valence-electron chi connectivity index (χ3n) is 4.80.